The van der Waals surface area contributed by atoms with Crippen molar-refractivity contribution in [2.45, 2.75) is 18.9 Å². The summed E-state index contributed by atoms with van der Waals surface area (Å²) in [7, 11) is 4.10. The summed E-state index contributed by atoms with van der Waals surface area (Å²) in [6.07, 6.45) is 2.43. The number of benzene rings is 1. The molecule has 1 aromatic carbocycles. The van der Waals surface area contributed by atoms with Gasteiger partial charge in [0.15, 0.2) is 0 Å². The van der Waals surface area contributed by atoms with Crippen molar-refractivity contribution in [1.82, 2.24) is 9.80 Å². The number of nitrogens with two attached hydrogens (primary N) is 1. The fraction of sp³-hybridized carbons (Fsp3) is 0.533. The van der Waals surface area contributed by atoms with Gasteiger partial charge in [-0.25, -0.2) is 0 Å². The van der Waals surface area contributed by atoms with Gasteiger partial charge in [-0.15, -0.1) is 0 Å². The predicted octanol–water partition coefficient (Wildman–Crippen LogP) is 1.89. The molecule has 1 aliphatic rings. The molecular formula is C15H23ClN4O. The number of carbonyl (C=O) groups excluding carboxylic acids is 1. The van der Waals surface area contributed by atoms with E-state index in [0.29, 0.717) is 29.0 Å². The van der Waals surface area contributed by atoms with Crippen LogP contribution in [-0.4, -0.2) is 55.5 Å². The molecule has 1 aliphatic heterocycles. The van der Waals surface area contributed by atoms with Gasteiger partial charge < -0.3 is 16.0 Å². The lowest BCUT2D eigenvalue weighted by Crippen LogP contribution is -2.40. The quantitative estimate of drug-likeness (QED) is 0.815. The van der Waals surface area contributed by atoms with E-state index in [0.717, 1.165) is 13.1 Å². The van der Waals surface area contributed by atoms with E-state index < -0.39 is 0 Å². The summed E-state index contributed by atoms with van der Waals surface area (Å²) in [6, 6.07) is 5.60. The molecule has 0 aromatic heterocycles. The molecule has 6 heteroatoms. The first-order valence-electron chi connectivity index (χ1n) is 7.19. The minimum Gasteiger partial charge on any atom is -0.399 e. The summed E-state index contributed by atoms with van der Waals surface area (Å²) in [4.78, 5) is 16.5. The number of nitrogens with zero attached hydrogens (tertiary/aromatic N) is 2. The van der Waals surface area contributed by atoms with Crippen LogP contribution in [0.2, 0.25) is 5.02 Å². The first kappa shape index (κ1) is 16.1. The molecule has 0 spiro atoms. The predicted molar refractivity (Wildman–Crippen MR) is 87.6 cm³/mol. The number of anilines is 2. The van der Waals surface area contributed by atoms with Gasteiger partial charge in [0.05, 0.1) is 17.3 Å². The molecule has 1 amide bonds. The largest absolute Gasteiger partial charge is 0.399 e. The number of nitrogens with one attached hydrogen (secondary N) is 1. The van der Waals surface area contributed by atoms with Crippen molar-refractivity contribution in [2.24, 2.45) is 0 Å². The van der Waals surface area contributed by atoms with Gasteiger partial charge in [-0.1, -0.05) is 11.6 Å². The van der Waals surface area contributed by atoms with Crippen LogP contribution in [0.3, 0.4) is 0 Å². The Morgan fingerprint density at radius 1 is 1.57 bits per heavy atom. The zero-order valence-corrected chi connectivity index (χ0v) is 13.4. The molecule has 1 heterocycles. The third-order valence-corrected chi connectivity index (χ3v) is 4.20. The summed E-state index contributed by atoms with van der Waals surface area (Å²) in [5.41, 5.74) is 6.85. The number of halogens is 1. The van der Waals surface area contributed by atoms with E-state index in [1.807, 2.05) is 11.9 Å². The Hall–Kier alpha value is -1.30. The molecule has 1 aromatic rings. The monoisotopic (exact) mass is 310 g/mol. The van der Waals surface area contributed by atoms with Crippen LogP contribution in [0.4, 0.5) is 11.4 Å². The minimum atomic E-state index is -0.0781. The van der Waals surface area contributed by atoms with Crippen LogP contribution in [0.5, 0.6) is 0 Å². The van der Waals surface area contributed by atoms with Gasteiger partial charge in [0, 0.05) is 18.3 Å². The van der Waals surface area contributed by atoms with E-state index in [-0.39, 0.29) is 5.91 Å². The number of likely N-dealkylation sites (N-methyl/N-ethyl adjacent to an activating group) is 2. The van der Waals surface area contributed by atoms with Crippen molar-refractivity contribution >= 4 is 28.9 Å². The molecule has 2 rings (SSSR count). The Kier molecular flexibility index (Phi) is 5.45. The SMILES string of the molecule is CN(CC(=O)Nc1cc(N)ccc1Cl)CC1CCCN1C. The molecule has 0 aliphatic carbocycles. The Morgan fingerprint density at radius 3 is 3.00 bits per heavy atom. The Bertz CT molecular complexity index is 508. The Balaban J connectivity index is 1.85. The molecule has 0 bridgehead atoms. The lowest BCUT2D eigenvalue weighted by Gasteiger charge is -2.25. The van der Waals surface area contributed by atoms with E-state index in [2.05, 4.69) is 17.3 Å². The molecule has 1 saturated heterocycles. The molecule has 0 saturated carbocycles. The fourth-order valence-electron chi connectivity index (χ4n) is 2.71. The average molecular weight is 311 g/mol. The lowest BCUT2D eigenvalue weighted by atomic mass is 10.2. The smallest absolute Gasteiger partial charge is 0.238 e. The van der Waals surface area contributed by atoms with Crippen LogP contribution >= 0.6 is 11.6 Å². The number of carbonyl (C=O) groups is 1. The third kappa shape index (κ3) is 4.59. The number of nitrogen functional groups attached to an aromatic ring is 1. The van der Waals surface area contributed by atoms with Gasteiger partial charge in [-0.05, 0) is 51.7 Å². The van der Waals surface area contributed by atoms with E-state index in [1.54, 1.807) is 18.2 Å². The van der Waals surface area contributed by atoms with Gasteiger partial charge in [-0.2, -0.15) is 0 Å². The maximum atomic E-state index is 12.1. The first-order chi connectivity index (χ1) is 9.95. The average Bonchev–Trinajstić information content (AvgIpc) is 2.79. The number of likely N-dealkylation sites (tertiary alicyclic amines) is 1. The van der Waals surface area contributed by atoms with E-state index in [1.165, 1.54) is 12.8 Å². The van der Waals surface area contributed by atoms with Crippen LogP contribution in [0.15, 0.2) is 18.2 Å². The van der Waals surface area contributed by atoms with Crippen molar-refractivity contribution in [1.29, 1.82) is 0 Å². The van der Waals surface area contributed by atoms with Gasteiger partial charge in [0.1, 0.15) is 0 Å². The summed E-state index contributed by atoms with van der Waals surface area (Å²) < 4.78 is 0. The molecule has 1 atom stereocenters. The summed E-state index contributed by atoms with van der Waals surface area (Å²) in [5, 5.41) is 3.31. The number of rotatable bonds is 5. The minimum absolute atomic E-state index is 0.0781. The van der Waals surface area contributed by atoms with Gasteiger partial charge >= 0.3 is 0 Å². The maximum Gasteiger partial charge on any atom is 0.238 e. The van der Waals surface area contributed by atoms with Crippen molar-refractivity contribution in [3.05, 3.63) is 23.2 Å². The molecule has 21 heavy (non-hydrogen) atoms. The van der Waals surface area contributed by atoms with Crippen molar-refractivity contribution in [3.8, 4) is 0 Å². The van der Waals surface area contributed by atoms with Crippen molar-refractivity contribution in [2.75, 3.05) is 44.8 Å². The second-order valence-electron chi connectivity index (χ2n) is 5.76. The highest BCUT2D eigenvalue weighted by Crippen LogP contribution is 2.24. The lowest BCUT2D eigenvalue weighted by molar-refractivity contribution is -0.117. The number of hydrogen-bond acceptors (Lipinski definition) is 4. The van der Waals surface area contributed by atoms with Crippen LogP contribution in [0.25, 0.3) is 0 Å². The summed E-state index contributed by atoms with van der Waals surface area (Å²) in [5.74, 6) is -0.0781. The van der Waals surface area contributed by atoms with E-state index >= 15 is 0 Å². The molecule has 1 unspecified atom stereocenters. The Morgan fingerprint density at radius 2 is 2.33 bits per heavy atom. The topological polar surface area (TPSA) is 61.6 Å². The second-order valence-corrected chi connectivity index (χ2v) is 6.17. The van der Waals surface area contributed by atoms with Crippen molar-refractivity contribution in [3.63, 3.8) is 0 Å². The highest BCUT2D eigenvalue weighted by atomic mass is 35.5. The second kappa shape index (κ2) is 7.11. The fourth-order valence-corrected chi connectivity index (χ4v) is 2.87. The number of amides is 1. The highest BCUT2D eigenvalue weighted by molar-refractivity contribution is 6.33. The van der Waals surface area contributed by atoms with Crippen LogP contribution in [0.1, 0.15) is 12.8 Å². The van der Waals surface area contributed by atoms with Crippen LogP contribution in [-0.2, 0) is 4.79 Å². The Labute approximate surface area is 131 Å². The molecule has 5 nitrogen and oxygen atoms in total. The standard InChI is InChI=1S/C15H23ClN4O/c1-19(9-12-4-3-7-20(12)2)10-15(21)18-14-8-11(17)5-6-13(14)16/h5-6,8,12H,3-4,7,9-10,17H2,1-2H3,(H,18,21). The molecule has 116 valence electrons. The summed E-state index contributed by atoms with van der Waals surface area (Å²) in [6.45, 7) is 2.38. The maximum absolute atomic E-state index is 12.1. The first-order valence-corrected chi connectivity index (χ1v) is 7.57. The number of hydrogen-bond donors (Lipinski definition) is 2. The highest BCUT2D eigenvalue weighted by Gasteiger charge is 2.22. The van der Waals surface area contributed by atoms with E-state index in [4.69, 9.17) is 17.3 Å². The zero-order chi connectivity index (χ0) is 15.4. The molecule has 3 N–H and O–H groups in total. The van der Waals surface area contributed by atoms with Gasteiger partial charge in [-0.3, -0.25) is 9.69 Å². The molecular weight excluding hydrogens is 288 g/mol. The van der Waals surface area contributed by atoms with Crippen molar-refractivity contribution < 1.29 is 4.79 Å². The zero-order valence-electron chi connectivity index (χ0n) is 12.6. The third-order valence-electron chi connectivity index (χ3n) is 3.87. The molecule has 0 radical (unpaired) electrons. The normalized spacial score (nSPS) is 19.1. The van der Waals surface area contributed by atoms with E-state index in [9.17, 15) is 4.79 Å². The molecule has 1 fully saturated rings. The summed E-state index contributed by atoms with van der Waals surface area (Å²) >= 11 is 6.04. The van der Waals surface area contributed by atoms with Gasteiger partial charge in [0.25, 0.3) is 0 Å². The van der Waals surface area contributed by atoms with Crippen LogP contribution < -0.4 is 11.1 Å². The van der Waals surface area contributed by atoms with Crippen LogP contribution in [0, 0.1) is 0 Å². The van der Waals surface area contributed by atoms with Gasteiger partial charge in [0.2, 0.25) is 5.91 Å².